The van der Waals surface area contributed by atoms with E-state index in [9.17, 15) is 0 Å². The smallest absolute Gasteiger partial charge is 0.190 e. The highest BCUT2D eigenvalue weighted by Gasteiger charge is 2.11. The molecule has 0 amide bonds. The van der Waals surface area contributed by atoms with Crippen LogP contribution in [0.3, 0.4) is 0 Å². The Hall–Kier alpha value is -2.13. The maximum absolute atomic E-state index is 4.43. The summed E-state index contributed by atoms with van der Waals surface area (Å²) in [5, 5.41) is 3.03. The van der Waals surface area contributed by atoms with Gasteiger partial charge in [0.2, 0.25) is 0 Å². The summed E-state index contributed by atoms with van der Waals surface area (Å²) in [5.74, 6) is 0. The molecule has 0 saturated carbocycles. The third kappa shape index (κ3) is 2.83. The molecule has 0 bridgehead atoms. The molecular weight excluding hydrogens is 252 g/mol. The summed E-state index contributed by atoms with van der Waals surface area (Å²) in [7, 11) is 0. The van der Waals surface area contributed by atoms with E-state index in [4.69, 9.17) is 0 Å². The fourth-order valence-corrected chi connectivity index (χ4v) is 2.65. The topological polar surface area (TPSA) is 16.1 Å². The summed E-state index contributed by atoms with van der Waals surface area (Å²) in [6, 6.07) is 20.8. The first-order chi connectivity index (χ1) is 9.43. The molecule has 0 aliphatic rings. The van der Waals surface area contributed by atoms with Gasteiger partial charge in [0, 0.05) is 17.3 Å². The normalized spacial score (nSPS) is 10.3. The molecule has 0 atom stereocenters. The van der Waals surface area contributed by atoms with E-state index in [1.54, 1.807) is 11.3 Å². The lowest BCUT2D eigenvalue weighted by Gasteiger charge is -2.22. The third-order valence-electron chi connectivity index (χ3n) is 2.90. The van der Waals surface area contributed by atoms with Crippen molar-refractivity contribution >= 4 is 22.2 Å². The summed E-state index contributed by atoms with van der Waals surface area (Å²) in [4.78, 5) is 6.67. The van der Waals surface area contributed by atoms with Crippen LogP contribution in [-0.4, -0.2) is 4.98 Å². The molecule has 0 fully saturated rings. The predicted molar refractivity (Wildman–Crippen MR) is 80.8 cm³/mol. The van der Waals surface area contributed by atoms with E-state index in [0.717, 1.165) is 11.7 Å². The van der Waals surface area contributed by atoms with E-state index in [1.807, 2.05) is 23.7 Å². The standard InChI is InChI=1S/C16H14N2S/c1-3-7-14(8-4-1)13-18(16-17-11-12-19-16)15-9-5-2-6-10-15/h1-12H,13H2. The van der Waals surface area contributed by atoms with Crippen molar-refractivity contribution in [2.45, 2.75) is 6.54 Å². The number of benzene rings is 2. The molecule has 0 aliphatic heterocycles. The maximum Gasteiger partial charge on any atom is 0.190 e. The van der Waals surface area contributed by atoms with E-state index in [-0.39, 0.29) is 0 Å². The number of thiazole rings is 1. The molecule has 19 heavy (non-hydrogen) atoms. The van der Waals surface area contributed by atoms with Crippen LogP contribution < -0.4 is 4.90 Å². The lowest BCUT2D eigenvalue weighted by molar-refractivity contribution is 0.965. The summed E-state index contributed by atoms with van der Waals surface area (Å²) in [6.07, 6.45) is 1.85. The molecule has 1 aromatic heterocycles. The van der Waals surface area contributed by atoms with Crippen LogP contribution in [0.2, 0.25) is 0 Å². The van der Waals surface area contributed by atoms with E-state index in [0.29, 0.717) is 0 Å². The highest BCUT2D eigenvalue weighted by Crippen LogP contribution is 2.28. The molecule has 0 saturated heterocycles. The zero-order valence-electron chi connectivity index (χ0n) is 10.4. The van der Waals surface area contributed by atoms with Crippen molar-refractivity contribution in [3.8, 4) is 0 Å². The molecule has 0 aliphatic carbocycles. The number of aromatic nitrogens is 1. The van der Waals surface area contributed by atoms with Crippen molar-refractivity contribution in [2.24, 2.45) is 0 Å². The van der Waals surface area contributed by atoms with E-state index < -0.39 is 0 Å². The molecule has 3 aromatic rings. The zero-order valence-corrected chi connectivity index (χ0v) is 11.3. The summed E-state index contributed by atoms with van der Waals surface area (Å²) < 4.78 is 0. The Bertz CT molecular complexity index is 606. The van der Waals surface area contributed by atoms with Crippen molar-refractivity contribution in [1.82, 2.24) is 4.98 Å². The monoisotopic (exact) mass is 266 g/mol. The van der Waals surface area contributed by atoms with Crippen molar-refractivity contribution in [2.75, 3.05) is 4.90 Å². The second-order valence-corrected chi connectivity index (χ2v) is 5.09. The molecule has 2 nitrogen and oxygen atoms in total. The van der Waals surface area contributed by atoms with Crippen LogP contribution in [-0.2, 0) is 6.54 Å². The molecule has 94 valence electrons. The van der Waals surface area contributed by atoms with Gasteiger partial charge in [-0.05, 0) is 17.7 Å². The van der Waals surface area contributed by atoms with Gasteiger partial charge in [0.05, 0.1) is 6.54 Å². The Morgan fingerprint density at radius 3 is 2.21 bits per heavy atom. The minimum Gasteiger partial charge on any atom is -0.313 e. The van der Waals surface area contributed by atoms with Crippen LogP contribution in [0.5, 0.6) is 0 Å². The quantitative estimate of drug-likeness (QED) is 0.692. The van der Waals surface area contributed by atoms with Crippen molar-refractivity contribution in [3.05, 3.63) is 77.8 Å². The molecule has 0 unspecified atom stereocenters. The van der Waals surface area contributed by atoms with Crippen LogP contribution >= 0.6 is 11.3 Å². The second-order valence-electron chi connectivity index (χ2n) is 4.22. The van der Waals surface area contributed by atoms with Gasteiger partial charge in [-0.25, -0.2) is 4.98 Å². The van der Waals surface area contributed by atoms with Gasteiger partial charge < -0.3 is 4.90 Å². The predicted octanol–water partition coefficient (Wildman–Crippen LogP) is 4.48. The largest absolute Gasteiger partial charge is 0.313 e. The number of nitrogens with zero attached hydrogens (tertiary/aromatic N) is 2. The van der Waals surface area contributed by atoms with Crippen LogP contribution in [0.4, 0.5) is 10.8 Å². The van der Waals surface area contributed by atoms with Gasteiger partial charge >= 0.3 is 0 Å². The number of rotatable bonds is 4. The van der Waals surface area contributed by atoms with Crippen LogP contribution in [0.25, 0.3) is 0 Å². The molecule has 1 heterocycles. The number of hydrogen-bond acceptors (Lipinski definition) is 3. The Labute approximate surface area is 117 Å². The minimum atomic E-state index is 0.832. The summed E-state index contributed by atoms with van der Waals surface area (Å²) in [5.41, 5.74) is 2.45. The summed E-state index contributed by atoms with van der Waals surface area (Å²) in [6.45, 7) is 0.832. The molecular formula is C16H14N2S. The van der Waals surface area contributed by atoms with Crippen LogP contribution in [0.1, 0.15) is 5.56 Å². The first-order valence-corrected chi connectivity index (χ1v) is 7.07. The van der Waals surface area contributed by atoms with Crippen molar-refractivity contribution in [1.29, 1.82) is 0 Å². The van der Waals surface area contributed by atoms with Crippen LogP contribution in [0.15, 0.2) is 72.2 Å². The SMILES string of the molecule is c1ccc(CN(c2ccccc2)c2nccs2)cc1. The highest BCUT2D eigenvalue weighted by molar-refractivity contribution is 7.13. The molecule has 0 radical (unpaired) electrons. The molecule has 2 aromatic carbocycles. The molecule has 3 heteroatoms. The zero-order chi connectivity index (χ0) is 12.9. The van der Waals surface area contributed by atoms with Gasteiger partial charge in [-0.15, -0.1) is 11.3 Å². The van der Waals surface area contributed by atoms with Gasteiger partial charge in [-0.3, -0.25) is 0 Å². The van der Waals surface area contributed by atoms with Crippen molar-refractivity contribution < 1.29 is 0 Å². The van der Waals surface area contributed by atoms with E-state index >= 15 is 0 Å². The average molecular weight is 266 g/mol. The van der Waals surface area contributed by atoms with E-state index in [1.165, 1.54) is 11.3 Å². The Morgan fingerprint density at radius 1 is 0.895 bits per heavy atom. The highest BCUT2D eigenvalue weighted by atomic mass is 32.1. The Kier molecular flexibility index (Phi) is 3.56. The first kappa shape index (κ1) is 11.9. The lowest BCUT2D eigenvalue weighted by Crippen LogP contribution is -2.15. The van der Waals surface area contributed by atoms with Gasteiger partial charge in [-0.2, -0.15) is 0 Å². The number of anilines is 2. The Morgan fingerprint density at radius 2 is 1.58 bits per heavy atom. The van der Waals surface area contributed by atoms with Gasteiger partial charge in [-0.1, -0.05) is 48.5 Å². The Balaban J connectivity index is 1.94. The van der Waals surface area contributed by atoms with Gasteiger partial charge in [0.1, 0.15) is 0 Å². The number of hydrogen-bond donors (Lipinski definition) is 0. The maximum atomic E-state index is 4.43. The summed E-state index contributed by atoms with van der Waals surface area (Å²) >= 11 is 1.66. The molecule has 0 spiro atoms. The van der Waals surface area contributed by atoms with Gasteiger partial charge in [0.15, 0.2) is 5.13 Å². The molecule has 3 rings (SSSR count). The van der Waals surface area contributed by atoms with Crippen LogP contribution in [0, 0.1) is 0 Å². The lowest BCUT2D eigenvalue weighted by atomic mass is 10.2. The first-order valence-electron chi connectivity index (χ1n) is 6.19. The average Bonchev–Trinajstić information content (AvgIpc) is 3.01. The fraction of sp³-hybridized carbons (Fsp3) is 0.0625. The second kappa shape index (κ2) is 5.67. The third-order valence-corrected chi connectivity index (χ3v) is 3.70. The number of para-hydroxylation sites is 1. The molecule has 0 N–H and O–H groups in total. The van der Waals surface area contributed by atoms with E-state index in [2.05, 4.69) is 58.4 Å². The fourth-order valence-electron chi connectivity index (χ4n) is 1.99. The van der Waals surface area contributed by atoms with Gasteiger partial charge in [0.25, 0.3) is 0 Å². The minimum absolute atomic E-state index is 0.832. The van der Waals surface area contributed by atoms with Crippen molar-refractivity contribution in [3.63, 3.8) is 0 Å².